The van der Waals surface area contributed by atoms with E-state index in [1.165, 1.54) is 0 Å². The van der Waals surface area contributed by atoms with E-state index in [1.807, 2.05) is 12.3 Å². The number of halogens is 2. The lowest BCUT2D eigenvalue weighted by atomic mass is 10.1. The zero-order valence-corrected chi connectivity index (χ0v) is 11.9. The topological polar surface area (TPSA) is 67.6 Å². The Hall–Kier alpha value is -1.73. The molecule has 7 heteroatoms. The first kappa shape index (κ1) is 15.7. The number of hydrogen-bond acceptors (Lipinski definition) is 4. The summed E-state index contributed by atoms with van der Waals surface area (Å²) in [6, 6.07) is 1.98. The van der Waals surface area contributed by atoms with Gasteiger partial charge in [-0.15, -0.1) is 0 Å². The molecule has 5 nitrogen and oxygen atoms in total. The van der Waals surface area contributed by atoms with Gasteiger partial charge in [-0.3, -0.25) is 10.6 Å². The molecule has 1 unspecified atom stereocenters. The van der Waals surface area contributed by atoms with Gasteiger partial charge in [-0.2, -0.15) is 0 Å². The lowest BCUT2D eigenvalue weighted by molar-refractivity contribution is 0.00722. The summed E-state index contributed by atoms with van der Waals surface area (Å²) in [5, 5.41) is 0. The van der Waals surface area contributed by atoms with Gasteiger partial charge in [-0.1, -0.05) is 0 Å². The van der Waals surface area contributed by atoms with Crippen LogP contribution in [0.3, 0.4) is 0 Å². The van der Waals surface area contributed by atoms with Crippen LogP contribution < -0.4 is 11.3 Å². The van der Waals surface area contributed by atoms with Gasteiger partial charge in [0.15, 0.2) is 11.6 Å². The molecule has 0 spiro atoms. The van der Waals surface area contributed by atoms with Crippen molar-refractivity contribution in [1.29, 1.82) is 0 Å². The summed E-state index contributed by atoms with van der Waals surface area (Å²) in [5.41, 5.74) is 1.46. The fraction of sp³-hybridized carbons (Fsp3) is 0.500. The van der Waals surface area contributed by atoms with Crippen molar-refractivity contribution >= 4 is 11.6 Å². The highest BCUT2D eigenvalue weighted by Gasteiger charge is 2.26. The van der Waals surface area contributed by atoms with Crippen LogP contribution in [0.4, 0.5) is 14.5 Å². The lowest BCUT2D eigenvalue weighted by Gasteiger charge is -2.32. The van der Waals surface area contributed by atoms with Crippen molar-refractivity contribution in [3.05, 3.63) is 29.3 Å². The van der Waals surface area contributed by atoms with Gasteiger partial charge in [-0.05, 0) is 31.9 Å². The van der Waals surface area contributed by atoms with E-state index in [1.54, 1.807) is 4.90 Å². The fourth-order valence-corrected chi connectivity index (χ4v) is 2.51. The smallest absolute Gasteiger partial charge is 0.254 e. The molecule has 1 fully saturated rings. The van der Waals surface area contributed by atoms with Gasteiger partial charge >= 0.3 is 0 Å². The molecule has 21 heavy (non-hydrogen) atoms. The van der Waals surface area contributed by atoms with E-state index in [9.17, 15) is 13.6 Å². The van der Waals surface area contributed by atoms with Gasteiger partial charge in [0, 0.05) is 25.3 Å². The van der Waals surface area contributed by atoms with Gasteiger partial charge in [0.1, 0.15) is 5.69 Å². The van der Waals surface area contributed by atoms with Crippen LogP contribution in [-0.4, -0.2) is 36.6 Å². The third-order valence-corrected chi connectivity index (χ3v) is 3.50. The summed E-state index contributed by atoms with van der Waals surface area (Å²) in [5.74, 6) is 2.85. The van der Waals surface area contributed by atoms with Gasteiger partial charge in [0.05, 0.1) is 6.10 Å². The molecule has 0 aromatic heterocycles. The largest absolute Gasteiger partial charge is 0.377 e. The van der Waals surface area contributed by atoms with Crippen LogP contribution in [0.5, 0.6) is 0 Å². The molecule has 2 rings (SSSR count). The number of anilines is 1. The number of piperidine rings is 1. The average molecular weight is 299 g/mol. The highest BCUT2D eigenvalue weighted by molar-refractivity contribution is 5.94. The molecule has 1 amide bonds. The van der Waals surface area contributed by atoms with Crippen LogP contribution in [-0.2, 0) is 4.74 Å². The summed E-state index contributed by atoms with van der Waals surface area (Å²) in [4.78, 5) is 13.9. The van der Waals surface area contributed by atoms with Crippen LogP contribution in [0.1, 0.15) is 30.1 Å². The molecule has 1 aliphatic heterocycles. The first-order valence-corrected chi connectivity index (χ1v) is 6.93. The molecular weight excluding hydrogens is 280 g/mol. The molecule has 1 aromatic rings. The van der Waals surface area contributed by atoms with E-state index in [4.69, 9.17) is 10.6 Å². The first-order valence-electron chi connectivity index (χ1n) is 6.93. The maximum absolute atomic E-state index is 13.7. The number of amides is 1. The third kappa shape index (κ3) is 3.48. The second-order valence-electron chi connectivity index (χ2n) is 4.93. The van der Waals surface area contributed by atoms with Crippen LogP contribution in [0.25, 0.3) is 0 Å². The number of nitrogens with one attached hydrogen (secondary N) is 1. The van der Waals surface area contributed by atoms with E-state index in [2.05, 4.69) is 0 Å². The molecule has 0 aliphatic carbocycles. The van der Waals surface area contributed by atoms with Crippen LogP contribution in [0.2, 0.25) is 0 Å². The minimum atomic E-state index is -0.890. The van der Waals surface area contributed by atoms with Crippen molar-refractivity contribution in [1.82, 2.24) is 4.90 Å². The molecule has 1 saturated heterocycles. The van der Waals surface area contributed by atoms with Crippen molar-refractivity contribution in [2.24, 2.45) is 5.84 Å². The van der Waals surface area contributed by atoms with Gasteiger partial charge < -0.3 is 15.1 Å². The minimum absolute atomic E-state index is 0.0209. The normalized spacial score (nSPS) is 18.7. The van der Waals surface area contributed by atoms with Gasteiger partial charge in [-0.25, -0.2) is 8.78 Å². The summed E-state index contributed by atoms with van der Waals surface area (Å²) >= 11 is 0. The predicted octanol–water partition coefficient (Wildman–Crippen LogP) is 1.89. The Morgan fingerprint density at radius 1 is 1.48 bits per heavy atom. The Labute approximate surface area is 122 Å². The van der Waals surface area contributed by atoms with E-state index in [0.29, 0.717) is 19.7 Å². The molecule has 1 aromatic carbocycles. The van der Waals surface area contributed by atoms with Gasteiger partial charge in [0.2, 0.25) is 0 Å². The molecule has 0 bridgehead atoms. The van der Waals surface area contributed by atoms with E-state index < -0.39 is 23.2 Å². The van der Waals surface area contributed by atoms with Crippen molar-refractivity contribution < 1.29 is 18.3 Å². The Kier molecular flexibility index (Phi) is 5.08. The number of nitrogen functional groups attached to an aromatic ring is 1. The molecule has 3 N–H and O–H groups in total. The number of rotatable bonds is 4. The highest BCUT2D eigenvalue weighted by Crippen LogP contribution is 2.22. The number of hydrogen-bond donors (Lipinski definition) is 2. The number of carbonyl (C=O) groups is 1. The average Bonchev–Trinajstić information content (AvgIpc) is 2.47. The Balaban J connectivity index is 2.16. The lowest BCUT2D eigenvalue weighted by Crippen LogP contribution is -2.43. The number of nitrogens with zero attached hydrogens (tertiary/aromatic N) is 1. The Morgan fingerprint density at radius 2 is 2.14 bits per heavy atom. The fourth-order valence-electron chi connectivity index (χ4n) is 2.51. The number of ether oxygens (including phenoxy) is 1. The van der Waals surface area contributed by atoms with Crippen molar-refractivity contribution in [3.8, 4) is 0 Å². The van der Waals surface area contributed by atoms with E-state index >= 15 is 0 Å². The maximum Gasteiger partial charge on any atom is 0.254 e. The first-order chi connectivity index (χ1) is 10.1. The molecule has 1 aliphatic rings. The number of carbonyl (C=O) groups excluding carboxylic acids is 1. The number of nitrogens with two attached hydrogens (primary N) is 1. The van der Waals surface area contributed by atoms with Crippen LogP contribution in [0, 0.1) is 11.6 Å². The molecule has 116 valence electrons. The summed E-state index contributed by atoms with van der Waals surface area (Å²) < 4.78 is 32.8. The summed E-state index contributed by atoms with van der Waals surface area (Å²) in [7, 11) is 0. The minimum Gasteiger partial charge on any atom is -0.377 e. The highest BCUT2D eigenvalue weighted by atomic mass is 19.1. The van der Waals surface area contributed by atoms with Crippen molar-refractivity contribution in [2.75, 3.05) is 25.1 Å². The maximum atomic E-state index is 13.7. The van der Waals surface area contributed by atoms with Crippen LogP contribution >= 0.6 is 0 Å². The zero-order chi connectivity index (χ0) is 15.4. The quantitative estimate of drug-likeness (QED) is 0.658. The second-order valence-corrected chi connectivity index (χ2v) is 4.93. The summed E-state index contributed by atoms with van der Waals surface area (Å²) in [6.45, 7) is 3.46. The van der Waals surface area contributed by atoms with Gasteiger partial charge in [0.25, 0.3) is 5.91 Å². The number of hydrazine groups is 1. The SMILES string of the molecule is CCOC1CCCN(C(=O)c2cc(F)c(NN)c(F)c2)C1. The number of benzene rings is 1. The second kappa shape index (κ2) is 6.82. The Morgan fingerprint density at radius 3 is 2.71 bits per heavy atom. The monoisotopic (exact) mass is 299 g/mol. The third-order valence-electron chi connectivity index (χ3n) is 3.50. The predicted molar refractivity (Wildman–Crippen MR) is 74.7 cm³/mol. The molecule has 1 atom stereocenters. The van der Waals surface area contributed by atoms with Crippen molar-refractivity contribution in [2.45, 2.75) is 25.9 Å². The van der Waals surface area contributed by atoms with Crippen LogP contribution in [0.15, 0.2) is 12.1 Å². The molecule has 0 saturated carbocycles. The van der Waals surface area contributed by atoms with E-state index in [-0.39, 0.29) is 11.7 Å². The van der Waals surface area contributed by atoms with Crippen molar-refractivity contribution in [3.63, 3.8) is 0 Å². The standard InChI is InChI=1S/C14H19F2N3O2/c1-2-21-10-4-3-5-19(8-10)14(20)9-6-11(15)13(18-17)12(16)7-9/h6-7,10,18H,2-5,8,17H2,1H3. The Bertz CT molecular complexity index is 500. The molecule has 0 radical (unpaired) electrons. The zero-order valence-electron chi connectivity index (χ0n) is 11.9. The number of likely N-dealkylation sites (tertiary alicyclic amines) is 1. The van der Waals surface area contributed by atoms with E-state index in [0.717, 1.165) is 25.0 Å². The molecule has 1 heterocycles. The summed E-state index contributed by atoms with van der Waals surface area (Å²) in [6.07, 6.45) is 1.67. The molecular formula is C14H19F2N3O2.